The summed E-state index contributed by atoms with van der Waals surface area (Å²) in [5.41, 5.74) is 0. The van der Waals surface area contributed by atoms with Crippen molar-refractivity contribution in [1.29, 1.82) is 0 Å². The van der Waals surface area contributed by atoms with E-state index < -0.39 is 12.1 Å². The van der Waals surface area contributed by atoms with Crippen molar-refractivity contribution >= 4 is 11.8 Å². The molecule has 0 aliphatic heterocycles. The van der Waals surface area contributed by atoms with Crippen molar-refractivity contribution in [3.63, 3.8) is 0 Å². The Bertz CT molecular complexity index is 388. The average molecular weight is 284 g/mol. The predicted molar refractivity (Wildman–Crippen MR) is 57.9 cm³/mol. The fourth-order valence-electron chi connectivity index (χ4n) is 2.24. The van der Waals surface area contributed by atoms with Crippen LogP contribution in [0.1, 0.15) is 43.4 Å². The van der Waals surface area contributed by atoms with E-state index >= 15 is 0 Å². The van der Waals surface area contributed by atoms with E-state index in [1.807, 2.05) is 0 Å². The number of hydrogen-bond donors (Lipinski definition) is 1. The van der Waals surface area contributed by atoms with Crippen molar-refractivity contribution in [1.82, 2.24) is 15.0 Å². The van der Waals surface area contributed by atoms with E-state index in [1.54, 1.807) is 0 Å². The summed E-state index contributed by atoms with van der Waals surface area (Å²) in [6.45, 7) is 0.714. The number of aromatic nitrogens is 2. The van der Waals surface area contributed by atoms with Crippen LogP contribution in [0.4, 0.5) is 13.2 Å². The molecule has 0 saturated heterocycles. The van der Waals surface area contributed by atoms with Gasteiger partial charge in [0.05, 0.1) is 0 Å². The highest BCUT2D eigenvalue weighted by Crippen LogP contribution is 2.36. The van der Waals surface area contributed by atoms with Crippen LogP contribution in [0.3, 0.4) is 0 Å². The number of nitrogens with one attached hydrogen (secondary N) is 1. The van der Waals surface area contributed by atoms with Gasteiger partial charge in [-0.3, -0.25) is 0 Å². The normalized spacial score (nSPS) is 25.3. The molecule has 1 heterocycles. The molecule has 0 amide bonds. The lowest BCUT2D eigenvalue weighted by Crippen LogP contribution is -2.21. The molecule has 0 bridgehead atoms. The summed E-state index contributed by atoms with van der Waals surface area (Å²) in [7, 11) is 0. The molecule has 0 atom stereocenters. The van der Waals surface area contributed by atoms with Crippen LogP contribution in [-0.4, -0.2) is 16.7 Å². The van der Waals surface area contributed by atoms with Gasteiger partial charge in [-0.05, 0) is 43.4 Å². The Morgan fingerprint density at radius 1 is 1.22 bits per heavy atom. The van der Waals surface area contributed by atoms with E-state index in [4.69, 9.17) is 16.2 Å². The van der Waals surface area contributed by atoms with E-state index in [0.29, 0.717) is 12.5 Å². The van der Waals surface area contributed by atoms with Gasteiger partial charge in [-0.15, -0.1) is 10.2 Å². The molecule has 1 fully saturated rings. The van der Waals surface area contributed by atoms with E-state index in [-0.39, 0.29) is 11.8 Å². The van der Waals surface area contributed by atoms with Gasteiger partial charge >= 0.3 is 12.1 Å². The molecule has 102 valence electrons. The van der Waals surface area contributed by atoms with Crippen molar-refractivity contribution in [3.8, 4) is 0 Å². The minimum Gasteiger partial charge on any atom is -0.417 e. The molecule has 1 aliphatic rings. The second kappa shape index (κ2) is 5.44. The maximum atomic E-state index is 12.3. The summed E-state index contributed by atoms with van der Waals surface area (Å²) in [6, 6.07) is 0. The SMILES string of the molecule is FC(F)(F)c1nnc([C@H]2CC[C@H](CNCl)CC2)o1. The highest BCUT2D eigenvalue weighted by Gasteiger charge is 2.39. The monoisotopic (exact) mass is 283 g/mol. The van der Waals surface area contributed by atoms with Crippen LogP contribution in [-0.2, 0) is 6.18 Å². The first-order valence-electron chi connectivity index (χ1n) is 5.74. The Kier molecular flexibility index (Phi) is 4.11. The largest absolute Gasteiger partial charge is 0.470 e. The van der Waals surface area contributed by atoms with Crippen molar-refractivity contribution in [3.05, 3.63) is 11.8 Å². The maximum Gasteiger partial charge on any atom is 0.470 e. The van der Waals surface area contributed by atoms with Gasteiger partial charge in [0.15, 0.2) is 0 Å². The van der Waals surface area contributed by atoms with Crippen LogP contribution in [0.5, 0.6) is 0 Å². The summed E-state index contributed by atoms with van der Waals surface area (Å²) >= 11 is 5.43. The van der Waals surface area contributed by atoms with Crippen molar-refractivity contribution in [2.75, 3.05) is 6.54 Å². The Morgan fingerprint density at radius 2 is 1.89 bits per heavy atom. The molecular formula is C10H13ClF3N3O. The molecule has 0 aromatic carbocycles. The van der Waals surface area contributed by atoms with E-state index in [9.17, 15) is 13.2 Å². The third-order valence-electron chi connectivity index (χ3n) is 3.24. The molecule has 1 aliphatic carbocycles. The molecule has 4 nitrogen and oxygen atoms in total. The third-order valence-corrected chi connectivity index (χ3v) is 3.40. The smallest absolute Gasteiger partial charge is 0.417 e. The molecule has 0 radical (unpaired) electrons. The Labute approximate surface area is 107 Å². The lowest BCUT2D eigenvalue weighted by Gasteiger charge is -2.25. The van der Waals surface area contributed by atoms with Gasteiger partial charge in [0.2, 0.25) is 5.89 Å². The molecule has 0 unspecified atom stereocenters. The number of rotatable bonds is 3. The predicted octanol–water partition coefficient (Wildman–Crippen LogP) is 3.11. The molecule has 1 aromatic heterocycles. The van der Waals surface area contributed by atoms with Crippen molar-refractivity contribution < 1.29 is 17.6 Å². The number of halogens is 4. The molecule has 2 rings (SSSR count). The van der Waals surface area contributed by atoms with Gasteiger partial charge in [0, 0.05) is 12.5 Å². The minimum atomic E-state index is -4.56. The summed E-state index contributed by atoms with van der Waals surface area (Å²) in [6.07, 6.45) is -1.27. The van der Waals surface area contributed by atoms with Gasteiger partial charge in [0.25, 0.3) is 0 Å². The van der Waals surface area contributed by atoms with Gasteiger partial charge in [-0.1, -0.05) is 0 Å². The Balaban J connectivity index is 1.95. The lowest BCUT2D eigenvalue weighted by atomic mass is 9.82. The average Bonchev–Trinajstić information content (AvgIpc) is 2.79. The van der Waals surface area contributed by atoms with Crippen LogP contribution in [0.15, 0.2) is 4.42 Å². The van der Waals surface area contributed by atoms with E-state index in [2.05, 4.69) is 15.0 Å². The van der Waals surface area contributed by atoms with Gasteiger partial charge in [-0.2, -0.15) is 13.2 Å². The van der Waals surface area contributed by atoms with Crippen LogP contribution in [0.25, 0.3) is 0 Å². The Morgan fingerprint density at radius 3 is 2.39 bits per heavy atom. The standard InChI is InChI=1S/C10H13ClF3N3O/c11-15-5-6-1-3-7(4-2-6)8-16-17-9(18-8)10(12,13)14/h6-7,15H,1-5H2/t6-,7-. The summed E-state index contributed by atoms with van der Waals surface area (Å²) < 4.78 is 41.6. The molecule has 1 N–H and O–H groups in total. The van der Waals surface area contributed by atoms with Gasteiger partial charge < -0.3 is 4.42 Å². The minimum absolute atomic E-state index is 0.0693. The second-order valence-corrected chi connectivity index (χ2v) is 4.77. The first-order chi connectivity index (χ1) is 8.50. The quantitative estimate of drug-likeness (QED) is 0.866. The van der Waals surface area contributed by atoms with Crippen molar-refractivity contribution in [2.45, 2.75) is 37.8 Å². The first kappa shape index (κ1) is 13.6. The van der Waals surface area contributed by atoms with Crippen LogP contribution < -0.4 is 4.84 Å². The first-order valence-corrected chi connectivity index (χ1v) is 6.12. The summed E-state index contributed by atoms with van der Waals surface area (Å²) in [5, 5.41) is 6.54. The maximum absolute atomic E-state index is 12.3. The lowest BCUT2D eigenvalue weighted by molar-refractivity contribution is -0.157. The molecular weight excluding hydrogens is 271 g/mol. The molecule has 1 aromatic rings. The zero-order chi connectivity index (χ0) is 13.2. The van der Waals surface area contributed by atoms with Crippen LogP contribution >= 0.6 is 11.8 Å². The third kappa shape index (κ3) is 3.14. The molecule has 8 heteroatoms. The van der Waals surface area contributed by atoms with Gasteiger partial charge in [0.1, 0.15) is 0 Å². The molecule has 1 saturated carbocycles. The highest BCUT2D eigenvalue weighted by molar-refractivity contribution is 6.13. The van der Waals surface area contributed by atoms with Crippen molar-refractivity contribution in [2.24, 2.45) is 5.92 Å². The van der Waals surface area contributed by atoms with E-state index in [0.717, 1.165) is 25.7 Å². The second-order valence-electron chi connectivity index (χ2n) is 4.50. The number of hydrogen-bond acceptors (Lipinski definition) is 4. The van der Waals surface area contributed by atoms with E-state index in [1.165, 1.54) is 0 Å². The Hall–Kier alpha value is -0.820. The van der Waals surface area contributed by atoms with Gasteiger partial charge in [-0.25, -0.2) is 4.84 Å². The zero-order valence-electron chi connectivity index (χ0n) is 9.50. The number of alkyl halides is 3. The highest BCUT2D eigenvalue weighted by atomic mass is 35.5. The summed E-state index contributed by atoms with van der Waals surface area (Å²) in [5.74, 6) is -0.773. The molecule has 18 heavy (non-hydrogen) atoms. The molecule has 0 spiro atoms. The number of nitrogens with zero attached hydrogens (tertiary/aromatic N) is 2. The van der Waals surface area contributed by atoms with Crippen LogP contribution in [0, 0.1) is 5.92 Å². The van der Waals surface area contributed by atoms with Crippen LogP contribution in [0.2, 0.25) is 0 Å². The zero-order valence-corrected chi connectivity index (χ0v) is 10.3. The topological polar surface area (TPSA) is 51.0 Å². The fraction of sp³-hybridized carbons (Fsp3) is 0.800. The fourth-order valence-corrected chi connectivity index (χ4v) is 2.45. The summed E-state index contributed by atoms with van der Waals surface area (Å²) in [4.78, 5) is 2.59.